The molecule has 0 saturated carbocycles. The molecule has 0 heterocycles. The highest BCUT2D eigenvalue weighted by Crippen LogP contribution is 2.13. The molecule has 0 atom stereocenters. The van der Waals surface area contributed by atoms with E-state index in [1.54, 1.807) is 0 Å². The van der Waals surface area contributed by atoms with E-state index >= 15 is 0 Å². The van der Waals surface area contributed by atoms with Gasteiger partial charge in [-0.3, -0.25) is 4.79 Å². The third-order valence-corrected chi connectivity index (χ3v) is 2.92. The van der Waals surface area contributed by atoms with Crippen LogP contribution in [0, 0.1) is 0 Å². The summed E-state index contributed by atoms with van der Waals surface area (Å²) in [5, 5.41) is 0. The molecule has 19 heavy (non-hydrogen) atoms. The smallest absolute Gasteiger partial charge is 0.260 e. The fourth-order valence-corrected chi connectivity index (χ4v) is 2.11. The van der Waals surface area contributed by atoms with Crippen LogP contribution < -0.4 is 10.5 Å². The zero-order valence-electron chi connectivity index (χ0n) is 12.2. The van der Waals surface area contributed by atoms with Gasteiger partial charge >= 0.3 is 0 Å². The van der Waals surface area contributed by atoms with Crippen LogP contribution in [-0.2, 0) is 11.3 Å². The minimum Gasteiger partial charge on any atom is -0.484 e. The van der Waals surface area contributed by atoms with Gasteiger partial charge in [-0.05, 0) is 45.4 Å². The third-order valence-electron chi connectivity index (χ3n) is 2.92. The summed E-state index contributed by atoms with van der Waals surface area (Å²) in [6.07, 6.45) is 0. The molecule has 106 valence electrons. The topological polar surface area (TPSA) is 55.6 Å². The van der Waals surface area contributed by atoms with Crippen molar-refractivity contribution < 1.29 is 9.53 Å². The number of carbonyl (C=O) groups excluding carboxylic acids is 1. The number of amides is 1. The zero-order chi connectivity index (χ0) is 14.4. The lowest BCUT2D eigenvalue weighted by Gasteiger charge is -2.30. The molecule has 0 aliphatic carbocycles. The summed E-state index contributed by atoms with van der Waals surface area (Å²) in [6.45, 7) is 8.61. The van der Waals surface area contributed by atoms with Gasteiger partial charge in [0.15, 0.2) is 6.61 Å². The Morgan fingerprint density at radius 3 is 2.11 bits per heavy atom. The van der Waals surface area contributed by atoms with E-state index in [1.165, 1.54) is 0 Å². The fourth-order valence-electron chi connectivity index (χ4n) is 2.11. The van der Waals surface area contributed by atoms with Gasteiger partial charge in [0.2, 0.25) is 0 Å². The number of nitrogens with zero attached hydrogens (tertiary/aromatic N) is 1. The minimum atomic E-state index is 0.00732. The van der Waals surface area contributed by atoms with Crippen LogP contribution in [0.4, 0.5) is 0 Å². The SMILES string of the molecule is CC(C)N(C(=O)COc1ccc(CN)cc1)C(C)C. The summed E-state index contributed by atoms with van der Waals surface area (Å²) in [5.74, 6) is 0.700. The average Bonchev–Trinajstić information content (AvgIpc) is 2.36. The Morgan fingerprint density at radius 2 is 1.68 bits per heavy atom. The van der Waals surface area contributed by atoms with Gasteiger partial charge < -0.3 is 15.4 Å². The lowest BCUT2D eigenvalue weighted by Crippen LogP contribution is -2.44. The Hall–Kier alpha value is -1.55. The maximum Gasteiger partial charge on any atom is 0.260 e. The van der Waals surface area contributed by atoms with Crippen molar-refractivity contribution in [1.82, 2.24) is 4.90 Å². The van der Waals surface area contributed by atoms with Crippen molar-refractivity contribution in [3.05, 3.63) is 29.8 Å². The molecular weight excluding hydrogens is 240 g/mol. The Morgan fingerprint density at radius 1 is 1.16 bits per heavy atom. The van der Waals surface area contributed by atoms with Gasteiger partial charge in [-0.2, -0.15) is 0 Å². The lowest BCUT2D eigenvalue weighted by molar-refractivity contribution is -0.136. The quantitative estimate of drug-likeness (QED) is 0.856. The normalized spacial score (nSPS) is 10.9. The van der Waals surface area contributed by atoms with E-state index in [4.69, 9.17) is 10.5 Å². The van der Waals surface area contributed by atoms with Crippen LogP contribution in [0.3, 0.4) is 0 Å². The van der Waals surface area contributed by atoms with Crippen LogP contribution in [0.5, 0.6) is 5.75 Å². The second-order valence-electron chi connectivity index (χ2n) is 5.13. The molecule has 0 radical (unpaired) electrons. The van der Waals surface area contributed by atoms with Gasteiger partial charge in [0.05, 0.1) is 0 Å². The van der Waals surface area contributed by atoms with E-state index in [0.717, 1.165) is 5.56 Å². The maximum absolute atomic E-state index is 12.1. The van der Waals surface area contributed by atoms with Crippen molar-refractivity contribution >= 4 is 5.91 Å². The van der Waals surface area contributed by atoms with Crippen molar-refractivity contribution in [3.8, 4) is 5.75 Å². The Labute approximate surface area is 115 Å². The number of hydrogen-bond donors (Lipinski definition) is 1. The number of rotatable bonds is 6. The van der Waals surface area contributed by atoms with Crippen LogP contribution in [-0.4, -0.2) is 29.5 Å². The highest BCUT2D eigenvalue weighted by atomic mass is 16.5. The highest BCUT2D eigenvalue weighted by molar-refractivity contribution is 5.78. The fraction of sp³-hybridized carbons (Fsp3) is 0.533. The van der Waals surface area contributed by atoms with Crippen molar-refractivity contribution in [2.75, 3.05) is 6.61 Å². The van der Waals surface area contributed by atoms with Gasteiger partial charge in [0.25, 0.3) is 5.91 Å². The summed E-state index contributed by atoms with van der Waals surface area (Å²) in [5.41, 5.74) is 6.57. The molecule has 4 nitrogen and oxygen atoms in total. The Kier molecular flexibility index (Phi) is 5.83. The Balaban J connectivity index is 2.57. The molecule has 0 spiro atoms. The van der Waals surface area contributed by atoms with Gasteiger partial charge in [0.1, 0.15) is 5.75 Å². The van der Waals surface area contributed by atoms with E-state index < -0.39 is 0 Å². The first kappa shape index (κ1) is 15.5. The first-order valence-corrected chi connectivity index (χ1v) is 6.68. The second kappa shape index (κ2) is 7.14. The van der Waals surface area contributed by atoms with Crippen molar-refractivity contribution in [3.63, 3.8) is 0 Å². The van der Waals surface area contributed by atoms with Crippen LogP contribution >= 0.6 is 0 Å². The molecule has 2 N–H and O–H groups in total. The molecule has 0 unspecified atom stereocenters. The van der Waals surface area contributed by atoms with E-state index in [-0.39, 0.29) is 24.6 Å². The second-order valence-corrected chi connectivity index (χ2v) is 5.13. The monoisotopic (exact) mass is 264 g/mol. The number of nitrogens with two attached hydrogens (primary N) is 1. The number of hydrogen-bond acceptors (Lipinski definition) is 3. The minimum absolute atomic E-state index is 0.00732. The molecule has 0 bridgehead atoms. The largest absolute Gasteiger partial charge is 0.484 e. The standard InChI is InChI=1S/C15H24N2O2/c1-11(2)17(12(3)4)15(18)10-19-14-7-5-13(9-16)6-8-14/h5-8,11-12H,9-10,16H2,1-4H3. The molecular formula is C15H24N2O2. The summed E-state index contributed by atoms with van der Waals surface area (Å²) >= 11 is 0. The molecule has 1 aromatic rings. The van der Waals surface area contributed by atoms with Crippen LogP contribution in [0.15, 0.2) is 24.3 Å². The van der Waals surface area contributed by atoms with Crippen molar-refractivity contribution in [2.45, 2.75) is 46.3 Å². The number of carbonyl (C=O) groups is 1. The van der Waals surface area contributed by atoms with E-state index in [0.29, 0.717) is 12.3 Å². The molecule has 1 aromatic carbocycles. The molecule has 4 heteroatoms. The molecule has 0 aliphatic heterocycles. The van der Waals surface area contributed by atoms with Crippen LogP contribution in [0.1, 0.15) is 33.3 Å². The summed E-state index contributed by atoms with van der Waals surface area (Å²) in [6, 6.07) is 7.84. The summed E-state index contributed by atoms with van der Waals surface area (Å²) in [4.78, 5) is 13.9. The van der Waals surface area contributed by atoms with Gasteiger partial charge in [-0.1, -0.05) is 12.1 Å². The number of benzene rings is 1. The molecule has 0 fully saturated rings. The summed E-state index contributed by atoms with van der Waals surface area (Å²) < 4.78 is 5.52. The van der Waals surface area contributed by atoms with Crippen molar-refractivity contribution in [2.24, 2.45) is 5.73 Å². The maximum atomic E-state index is 12.1. The number of ether oxygens (including phenoxy) is 1. The first-order valence-electron chi connectivity index (χ1n) is 6.68. The highest BCUT2D eigenvalue weighted by Gasteiger charge is 2.20. The average molecular weight is 264 g/mol. The lowest BCUT2D eigenvalue weighted by atomic mass is 10.2. The van der Waals surface area contributed by atoms with E-state index in [2.05, 4.69) is 0 Å². The van der Waals surface area contributed by atoms with Crippen molar-refractivity contribution in [1.29, 1.82) is 0 Å². The first-order chi connectivity index (χ1) is 8.95. The van der Waals surface area contributed by atoms with Crippen LogP contribution in [0.2, 0.25) is 0 Å². The molecule has 0 aromatic heterocycles. The van der Waals surface area contributed by atoms with Gasteiger partial charge in [-0.15, -0.1) is 0 Å². The predicted octanol–water partition coefficient (Wildman–Crippen LogP) is 2.17. The predicted molar refractivity (Wildman–Crippen MR) is 76.9 cm³/mol. The zero-order valence-corrected chi connectivity index (χ0v) is 12.2. The van der Waals surface area contributed by atoms with Crippen LogP contribution in [0.25, 0.3) is 0 Å². The van der Waals surface area contributed by atoms with Gasteiger partial charge in [-0.25, -0.2) is 0 Å². The Bertz CT molecular complexity index is 391. The molecule has 1 rings (SSSR count). The molecule has 0 saturated heterocycles. The molecule has 0 aliphatic rings. The molecule has 1 amide bonds. The van der Waals surface area contributed by atoms with E-state index in [1.807, 2.05) is 56.9 Å². The summed E-state index contributed by atoms with van der Waals surface area (Å²) in [7, 11) is 0. The van der Waals surface area contributed by atoms with E-state index in [9.17, 15) is 4.79 Å². The van der Waals surface area contributed by atoms with Gasteiger partial charge in [0, 0.05) is 18.6 Å². The third kappa shape index (κ3) is 4.56.